The molecule has 6 heteroatoms. The molecular formula is C12H15Br3O3. The molecule has 3 unspecified atom stereocenters. The van der Waals surface area contributed by atoms with Crippen LogP contribution in [0.1, 0.15) is 55.8 Å². The predicted octanol–water partition coefficient (Wildman–Crippen LogP) is 4.13. The number of aliphatic hydroxyl groups excluding tert-OH is 3. The number of rotatable bonds is 3. The summed E-state index contributed by atoms with van der Waals surface area (Å²) in [5, 5.41) is 29.6. The topological polar surface area (TPSA) is 60.7 Å². The fourth-order valence-corrected chi connectivity index (χ4v) is 5.80. The molecule has 0 saturated carbocycles. The molecule has 0 spiro atoms. The zero-order valence-electron chi connectivity index (χ0n) is 10.2. The summed E-state index contributed by atoms with van der Waals surface area (Å²) >= 11 is 10.2. The standard InChI is InChI=1S/C12H15Br3O3/c1-4(16)7-10(13)8(5(2)17)12(15)9(6(3)18)11(7)14/h4-6,16-18H,1-3H3. The molecule has 0 aliphatic rings. The van der Waals surface area contributed by atoms with E-state index in [1.165, 1.54) is 0 Å². The van der Waals surface area contributed by atoms with E-state index in [0.29, 0.717) is 30.1 Å². The number of benzene rings is 1. The van der Waals surface area contributed by atoms with Gasteiger partial charge in [-0.05, 0) is 68.6 Å². The number of hydrogen-bond acceptors (Lipinski definition) is 3. The molecule has 0 saturated heterocycles. The maximum absolute atomic E-state index is 9.85. The van der Waals surface area contributed by atoms with Crippen molar-refractivity contribution in [2.45, 2.75) is 39.1 Å². The average Bonchev–Trinajstić information content (AvgIpc) is 2.14. The first kappa shape index (κ1) is 16.6. The second-order valence-electron chi connectivity index (χ2n) is 4.21. The van der Waals surface area contributed by atoms with E-state index in [9.17, 15) is 15.3 Å². The Hall–Kier alpha value is 0.540. The lowest BCUT2D eigenvalue weighted by molar-refractivity contribution is 0.182. The summed E-state index contributed by atoms with van der Waals surface area (Å²) in [5.74, 6) is 0. The van der Waals surface area contributed by atoms with Crippen molar-refractivity contribution in [1.29, 1.82) is 0 Å². The zero-order chi connectivity index (χ0) is 14.2. The molecule has 0 heterocycles. The second kappa shape index (κ2) is 6.33. The van der Waals surface area contributed by atoms with Crippen LogP contribution in [0.2, 0.25) is 0 Å². The first-order valence-electron chi connectivity index (χ1n) is 5.44. The van der Waals surface area contributed by atoms with Crippen molar-refractivity contribution in [2.24, 2.45) is 0 Å². The molecule has 1 aromatic carbocycles. The van der Waals surface area contributed by atoms with Gasteiger partial charge < -0.3 is 15.3 Å². The number of halogens is 3. The summed E-state index contributed by atoms with van der Waals surface area (Å²) < 4.78 is 1.90. The van der Waals surface area contributed by atoms with Crippen LogP contribution in [0.25, 0.3) is 0 Å². The highest BCUT2D eigenvalue weighted by Gasteiger charge is 2.26. The molecule has 0 bridgehead atoms. The Morgan fingerprint density at radius 2 is 0.778 bits per heavy atom. The normalized spacial score (nSPS) is 16.5. The van der Waals surface area contributed by atoms with Gasteiger partial charge in [-0.15, -0.1) is 0 Å². The summed E-state index contributed by atoms with van der Waals surface area (Å²) in [6, 6.07) is 0. The van der Waals surface area contributed by atoms with Crippen LogP contribution in [0.4, 0.5) is 0 Å². The monoisotopic (exact) mass is 444 g/mol. The molecule has 18 heavy (non-hydrogen) atoms. The summed E-state index contributed by atoms with van der Waals surface area (Å²) in [7, 11) is 0. The van der Waals surface area contributed by atoms with Gasteiger partial charge >= 0.3 is 0 Å². The molecule has 0 fully saturated rings. The van der Waals surface area contributed by atoms with Crippen molar-refractivity contribution in [3.8, 4) is 0 Å². The summed E-state index contributed by atoms with van der Waals surface area (Å²) in [4.78, 5) is 0. The first-order valence-corrected chi connectivity index (χ1v) is 7.82. The van der Waals surface area contributed by atoms with Crippen LogP contribution in [0.5, 0.6) is 0 Å². The van der Waals surface area contributed by atoms with Crippen LogP contribution >= 0.6 is 47.8 Å². The minimum Gasteiger partial charge on any atom is -0.389 e. The Kier molecular flexibility index (Phi) is 5.83. The lowest BCUT2D eigenvalue weighted by Crippen LogP contribution is -2.08. The van der Waals surface area contributed by atoms with Gasteiger partial charge in [0.2, 0.25) is 0 Å². The average molecular weight is 447 g/mol. The largest absolute Gasteiger partial charge is 0.389 e. The Balaban J connectivity index is 3.76. The van der Waals surface area contributed by atoms with Crippen LogP contribution < -0.4 is 0 Å². The number of aliphatic hydroxyl groups is 3. The van der Waals surface area contributed by atoms with Gasteiger partial charge in [-0.2, -0.15) is 0 Å². The van der Waals surface area contributed by atoms with Gasteiger partial charge in [0.15, 0.2) is 0 Å². The van der Waals surface area contributed by atoms with E-state index in [1.54, 1.807) is 20.8 Å². The molecule has 0 aromatic heterocycles. The zero-order valence-corrected chi connectivity index (χ0v) is 15.0. The Morgan fingerprint density at radius 3 is 0.889 bits per heavy atom. The third kappa shape index (κ3) is 2.99. The van der Waals surface area contributed by atoms with Gasteiger partial charge in [0.05, 0.1) is 18.3 Å². The van der Waals surface area contributed by atoms with Crippen LogP contribution in [0.15, 0.2) is 13.4 Å². The van der Waals surface area contributed by atoms with Crippen molar-refractivity contribution >= 4 is 47.8 Å². The maximum atomic E-state index is 9.85. The van der Waals surface area contributed by atoms with Crippen molar-refractivity contribution in [1.82, 2.24) is 0 Å². The molecule has 0 radical (unpaired) electrons. The summed E-state index contributed by atoms with van der Waals surface area (Å²) in [5.41, 5.74) is 1.85. The van der Waals surface area contributed by atoms with Crippen molar-refractivity contribution in [3.63, 3.8) is 0 Å². The Labute approximate surface area is 132 Å². The fraction of sp³-hybridized carbons (Fsp3) is 0.500. The van der Waals surface area contributed by atoms with Crippen molar-refractivity contribution in [2.75, 3.05) is 0 Å². The summed E-state index contributed by atoms with van der Waals surface area (Å²) in [6.45, 7) is 4.91. The van der Waals surface area contributed by atoms with E-state index in [-0.39, 0.29) is 0 Å². The third-order valence-electron chi connectivity index (χ3n) is 2.67. The highest BCUT2D eigenvalue weighted by molar-refractivity contribution is 9.11. The van der Waals surface area contributed by atoms with E-state index < -0.39 is 18.3 Å². The Morgan fingerprint density at radius 1 is 0.611 bits per heavy atom. The molecular weight excluding hydrogens is 432 g/mol. The predicted molar refractivity (Wildman–Crippen MR) is 81.4 cm³/mol. The Bertz CT molecular complexity index is 369. The van der Waals surface area contributed by atoms with Crippen LogP contribution in [0, 0.1) is 0 Å². The molecule has 3 N–H and O–H groups in total. The van der Waals surface area contributed by atoms with E-state index in [1.807, 2.05) is 0 Å². The number of hydrogen-bond donors (Lipinski definition) is 3. The van der Waals surface area contributed by atoms with Gasteiger partial charge in [0.25, 0.3) is 0 Å². The van der Waals surface area contributed by atoms with Crippen LogP contribution in [-0.4, -0.2) is 15.3 Å². The highest BCUT2D eigenvalue weighted by atomic mass is 79.9. The van der Waals surface area contributed by atoms with E-state index in [0.717, 1.165) is 0 Å². The van der Waals surface area contributed by atoms with Gasteiger partial charge in [-0.3, -0.25) is 0 Å². The van der Waals surface area contributed by atoms with Gasteiger partial charge in [-0.25, -0.2) is 0 Å². The van der Waals surface area contributed by atoms with Gasteiger partial charge in [0.1, 0.15) is 0 Å². The highest BCUT2D eigenvalue weighted by Crippen LogP contribution is 2.45. The molecule has 1 aromatic rings. The summed E-state index contributed by atoms with van der Waals surface area (Å²) in [6.07, 6.45) is -2.18. The fourth-order valence-electron chi connectivity index (χ4n) is 1.82. The molecule has 0 aliphatic heterocycles. The first-order chi connectivity index (χ1) is 8.20. The van der Waals surface area contributed by atoms with Crippen LogP contribution in [-0.2, 0) is 0 Å². The lowest BCUT2D eigenvalue weighted by Gasteiger charge is -2.23. The lowest BCUT2D eigenvalue weighted by atomic mass is 9.97. The van der Waals surface area contributed by atoms with Crippen molar-refractivity contribution in [3.05, 3.63) is 30.1 Å². The van der Waals surface area contributed by atoms with E-state index in [2.05, 4.69) is 47.8 Å². The van der Waals surface area contributed by atoms with Gasteiger partial charge in [0, 0.05) is 30.1 Å². The maximum Gasteiger partial charge on any atom is 0.0784 e. The van der Waals surface area contributed by atoms with E-state index >= 15 is 0 Å². The van der Waals surface area contributed by atoms with Crippen LogP contribution in [0.3, 0.4) is 0 Å². The molecule has 1 rings (SSSR count). The minimum absolute atomic E-state index is 0.616. The van der Waals surface area contributed by atoms with Gasteiger partial charge in [-0.1, -0.05) is 0 Å². The molecule has 0 amide bonds. The SMILES string of the molecule is CC(O)c1c(Br)c(C(C)O)c(Br)c(C(C)O)c1Br. The van der Waals surface area contributed by atoms with E-state index in [4.69, 9.17) is 0 Å². The second-order valence-corrected chi connectivity index (χ2v) is 6.59. The van der Waals surface area contributed by atoms with Crippen molar-refractivity contribution < 1.29 is 15.3 Å². The third-order valence-corrected chi connectivity index (χ3v) is 5.24. The molecule has 3 nitrogen and oxygen atoms in total. The smallest absolute Gasteiger partial charge is 0.0784 e. The molecule has 0 aliphatic carbocycles. The molecule has 102 valence electrons. The minimum atomic E-state index is -0.725. The molecule has 3 atom stereocenters. The quantitative estimate of drug-likeness (QED) is 0.654.